The second-order valence-corrected chi connectivity index (χ2v) is 5.81. The van der Waals surface area contributed by atoms with Crippen LogP contribution in [0.5, 0.6) is 0 Å². The summed E-state index contributed by atoms with van der Waals surface area (Å²) in [6.45, 7) is 2.96. The molecule has 2 atom stereocenters. The van der Waals surface area contributed by atoms with E-state index in [1.54, 1.807) is 0 Å². The molecule has 3 heteroatoms. The van der Waals surface area contributed by atoms with Crippen LogP contribution >= 0.6 is 11.6 Å². The van der Waals surface area contributed by atoms with E-state index >= 15 is 0 Å². The van der Waals surface area contributed by atoms with E-state index in [0.717, 1.165) is 34.7 Å². The Labute approximate surface area is 124 Å². The smallest absolute Gasteiger partial charge is 0.0747 e. The fourth-order valence-corrected chi connectivity index (χ4v) is 2.98. The lowest BCUT2D eigenvalue weighted by molar-refractivity contribution is 0.160. The molecule has 2 aromatic rings. The summed E-state index contributed by atoms with van der Waals surface area (Å²) in [4.78, 5) is 0. The maximum absolute atomic E-state index is 9.93. The quantitative estimate of drug-likeness (QED) is 0.882. The molecule has 2 aromatic carbocycles. The highest BCUT2D eigenvalue weighted by molar-refractivity contribution is 6.30. The average molecular weight is 288 g/mol. The van der Waals surface area contributed by atoms with E-state index in [0.29, 0.717) is 0 Å². The lowest BCUT2D eigenvalue weighted by atomic mass is 9.96. The first-order chi connectivity index (χ1) is 9.65. The number of benzene rings is 2. The van der Waals surface area contributed by atoms with Crippen molar-refractivity contribution in [3.8, 4) is 11.1 Å². The van der Waals surface area contributed by atoms with Crippen LogP contribution in [0.25, 0.3) is 11.1 Å². The van der Waals surface area contributed by atoms with Crippen molar-refractivity contribution in [2.45, 2.75) is 25.5 Å². The van der Waals surface area contributed by atoms with Crippen molar-refractivity contribution < 1.29 is 5.11 Å². The molecule has 1 fully saturated rings. The van der Waals surface area contributed by atoms with Crippen LogP contribution in [0.15, 0.2) is 42.5 Å². The number of rotatable bonds is 2. The summed E-state index contributed by atoms with van der Waals surface area (Å²) in [5.74, 6) is 0. The fourth-order valence-electron chi connectivity index (χ4n) is 2.80. The number of aliphatic hydroxyl groups excluding tert-OH is 1. The van der Waals surface area contributed by atoms with Crippen molar-refractivity contribution in [2.75, 3.05) is 6.54 Å². The van der Waals surface area contributed by atoms with Gasteiger partial charge in [0, 0.05) is 5.02 Å². The molecule has 104 valence electrons. The zero-order valence-corrected chi connectivity index (χ0v) is 12.2. The van der Waals surface area contributed by atoms with Gasteiger partial charge in [-0.1, -0.05) is 41.9 Å². The normalized spacial score (nSPS) is 22.1. The largest absolute Gasteiger partial charge is 0.391 e. The molecule has 0 saturated carbocycles. The van der Waals surface area contributed by atoms with Gasteiger partial charge in [0.15, 0.2) is 0 Å². The van der Waals surface area contributed by atoms with Crippen molar-refractivity contribution >= 4 is 11.6 Å². The maximum Gasteiger partial charge on any atom is 0.0747 e. The Morgan fingerprint density at radius 2 is 1.90 bits per heavy atom. The summed E-state index contributed by atoms with van der Waals surface area (Å²) in [6.07, 6.45) is 0.536. The van der Waals surface area contributed by atoms with Crippen LogP contribution < -0.4 is 5.32 Å². The van der Waals surface area contributed by atoms with Crippen LogP contribution in [0.2, 0.25) is 5.02 Å². The van der Waals surface area contributed by atoms with Crippen LogP contribution in [0.1, 0.15) is 23.6 Å². The molecule has 0 bridgehead atoms. The molecule has 1 heterocycles. The topological polar surface area (TPSA) is 32.3 Å². The molecule has 0 spiro atoms. The Balaban J connectivity index is 1.91. The minimum atomic E-state index is -0.284. The summed E-state index contributed by atoms with van der Waals surface area (Å²) in [5, 5.41) is 14.0. The SMILES string of the molecule is Cc1ccc(Cl)cc1-c1ccc([C@@H]2NCC[C@@H]2O)cc1. The number of aryl methyl sites for hydroxylation is 1. The molecule has 0 radical (unpaired) electrons. The number of hydrogen-bond acceptors (Lipinski definition) is 2. The standard InChI is InChI=1S/C17H18ClNO/c1-11-2-7-14(18)10-15(11)12-3-5-13(6-4-12)17-16(20)8-9-19-17/h2-7,10,16-17,19-20H,8-9H2,1H3/t16-,17-/m0/s1. The summed E-state index contributed by atoms with van der Waals surface area (Å²) in [7, 11) is 0. The molecule has 3 rings (SSSR count). The van der Waals surface area contributed by atoms with Crippen molar-refractivity contribution in [3.63, 3.8) is 0 Å². The summed E-state index contributed by atoms with van der Waals surface area (Å²) in [6, 6.07) is 14.4. The molecule has 0 aliphatic carbocycles. The van der Waals surface area contributed by atoms with Gasteiger partial charge in [0.1, 0.15) is 0 Å². The van der Waals surface area contributed by atoms with Gasteiger partial charge >= 0.3 is 0 Å². The number of nitrogens with one attached hydrogen (secondary N) is 1. The third-order valence-electron chi connectivity index (χ3n) is 3.97. The Morgan fingerprint density at radius 3 is 2.55 bits per heavy atom. The van der Waals surface area contributed by atoms with Gasteiger partial charge in [-0.2, -0.15) is 0 Å². The van der Waals surface area contributed by atoms with E-state index in [9.17, 15) is 5.11 Å². The summed E-state index contributed by atoms with van der Waals surface area (Å²) in [5.41, 5.74) is 4.66. The minimum absolute atomic E-state index is 0.0597. The van der Waals surface area contributed by atoms with Crippen molar-refractivity contribution in [1.29, 1.82) is 0 Å². The van der Waals surface area contributed by atoms with Crippen molar-refractivity contribution in [3.05, 3.63) is 58.6 Å². The van der Waals surface area contributed by atoms with Gasteiger partial charge in [-0.25, -0.2) is 0 Å². The number of aliphatic hydroxyl groups is 1. The van der Waals surface area contributed by atoms with Crippen LogP contribution in [0.4, 0.5) is 0 Å². The predicted molar refractivity (Wildman–Crippen MR) is 83.0 cm³/mol. The first-order valence-electron chi connectivity index (χ1n) is 6.93. The third-order valence-corrected chi connectivity index (χ3v) is 4.20. The molecule has 0 aromatic heterocycles. The third kappa shape index (κ3) is 2.59. The lowest BCUT2D eigenvalue weighted by Crippen LogP contribution is -2.20. The molecule has 1 aliphatic heterocycles. The van der Waals surface area contributed by atoms with Gasteiger partial charge in [-0.15, -0.1) is 0 Å². The van der Waals surface area contributed by atoms with Crippen LogP contribution in [0, 0.1) is 6.92 Å². The Kier molecular flexibility index (Phi) is 3.79. The van der Waals surface area contributed by atoms with Crippen molar-refractivity contribution in [2.24, 2.45) is 0 Å². The Hall–Kier alpha value is -1.35. The first-order valence-corrected chi connectivity index (χ1v) is 7.31. The van der Waals surface area contributed by atoms with E-state index in [-0.39, 0.29) is 12.1 Å². The van der Waals surface area contributed by atoms with Gasteiger partial charge in [0.05, 0.1) is 12.1 Å². The summed E-state index contributed by atoms with van der Waals surface area (Å²) < 4.78 is 0. The van der Waals surface area contributed by atoms with Gasteiger partial charge in [0.2, 0.25) is 0 Å². The molecule has 0 unspecified atom stereocenters. The second-order valence-electron chi connectivity index (χ2n) is 5.37. The zero-order chi connectivity index (χ0) is 14.1. The molecular weight excluding hydrogens is 270 g/mol. The van der Waals surface area contributed by atoms with Gasteiger partial charge in [-0.05, 0) is 54.3 Å². The predicted octanol–water partition coefficient (Wildman–Crippen LogP) is 3.71. The molecule has 0 amide bonds. The fraction of sp³-hybridized carbons (Fsp3) is 0.294. The summed E-state index contributed by atoms with van der Waals surface area (Å²) >= 11 is 6.08. The number of hydrogen-bond donors (Lipinski definition) is 2. The van der Waals surface area contributed by atoms with Crippen LogP contribution in [0.3, 0.4) is 0 Å². The first kappa shape index (κ1) is 13.6. The monoisotopic (exact) mass is 287 g/mol. The number of halogens is 1. The van der Waals surface area contributed by atoms with E-state index in [1.807, 2.05) is 18.2 Å². The Bertz CT molecular complexity index is 609. The molecule has 2 N–H and O–H groups in total. The second kappa shape index (κ2) is 5.57. The molecule has 1 saturated heterocycles. The average Bonchev–Trinajstić information content (AvgIpc) is 2.88. The molecular formula is C17H18ClNO. The van der Waals surface area contributed by atoms with E-state index in [1.165, 1.54) is 5.56 Å². The van der Waals surface area contributed by atoms with Gasteiger partial charge < -0.3 is 10.4 Å². The van der Waals surface area contributed by atoms with Gasteiger partial charge in [-0.3, -0.25) is 0 Å². The van der Waals surface area contributed by atoms with E-state index in [2.05, 4.69) is 36.5 Å². The minimum Gasteiger partial charge on any atom is -0.391 e. The molecule has 20 heavy (non-hydrogen) atoms. The maximum atomic E-state index is 9.93. The van der Waals surface area contributed by atoms with Crippen molar-refractivity contribution in [1.82, 2.24) is 5.32 Å². The zero-order valence-electron chi connectivity index (χ0n) is 11.4. The highest BCUT2D eigenvalue weighted by atomic mass is 35.5. The van der Waals surface area contributed by atoms with E-state index < -0.39 is 0 Å². The highest BCUT2D eigenvalue weighted by Gasteiger charge is 2.25. The highest BCUT2D eigenvalue weighted by Crippen LogP contribution is 2.29. The molecule has 2 nitrogen and oxygen atoms in total. The lowest BCUT2D eigenvalue weighted by Gasteiger charge is -2.16. The van der Waals surface area contributed by atoms with Crippen LogP contribution in [-0.4, -0.2) is 17.8 Å². The Morgan fingerprint density at radius 1 is 1.15 bits per heavy atom. The van der Waals surface area contributed by atoms with E-state index in [4.69, 9.17) is 11.6 Å². The molecule has 1 aliphatic rings. The van der Waals surface area contributed by atoms with Crippen LogP contribution in [-0.2, 0) is 0 Å². The van der Waals surface area contributed by atoms with Gasteiger partial charge in [0.25, 0.3) is 0 Å².